The van der Waals surface area contributed by atoms with E-state index in [1.807, 2.05) is 24.2 Å². The van der Waals surface area contributed by atoms with Crippen molar-refractivity contribution in [1.82, 2.24) is 10.3 Å². The molecule has 21 heavy (non-hydrogen) atoms. The highest BCUT2D eigenvalue weighted by Crippen LogP contribution is 2.26. The van der Waals surface area contributed by atoms with E-state index in [1.165, 1.54) is 21.6 Å². The number of hydrogen-bond acceptors (Lipinski definition) is 3. The predicted molar refractivity (Wildman–Crippen MR) is 91.9 cm³/mol. The molecule has 0 saturated carbocycles. The normalized spacial score (nSPS) is 12.3. The van der Waals surface area contributed by atoms with Gasteiger partial charge in [-0.1, -0.05) is 24.6 Å². The fraction of sp³-hybridized carbons (Fsp3) is 0.389. The van der Waals surface area contributed by atoms with Gasteiger partial charge >= 0.3 is 0 Å². The zero-order valence-electron chi connectivity index (χ0n) is 13.1. The van der Waals surface area contributed by atoms with Gasteiger partial charge in [0, 0.05) is 29.1 Å². The Morgan fingerprint density at radius 2 is 2.10 bits per heavy atom. The van der Waals surface area contributed by atoms with Gasteiger partial charge in [0.25, 0.3) is 0 Å². The van der Waals surface area contributed by atoms with Crippen molar-refractivity contribution in [3.63, 3.8) is 0 Å². The molecule has 2 rings (SSSR count). The van der Waals surface area contributed by atoms with Crippen LogP contribution in [0, 0.1) is 13.8 Å². The topological polar surface area (TPSA) is 24.9 Å². The maximum Gasteiger partial charge on any atom is 0.0433 e. The molecular weight excluding hydrogens is 276 g/mol. The van der Waals surface area contributed by atoms with Gasteiger partial charge in [-0.3, -0.25) is 4.98 Å². The molecule has 0 saturated heterocycles. The summed E-state index contributed by atoms with van der Waals surface area (Å²) >= 11 is 1.91. The Balaban J connectivity index is 2.08. The number of hydrogen-bond donors (Lipinski definition) is 1. The molecule has 0 spiro atoms. The second kappa shape index (κ2) is 8.20. The summed E-state index contributed by atoms with van der Waals surface area (Å²) in [5.41, 5.74) is 3.94. The van der Waals surface area contributed by atoms with Crippen molar-refractivity contribution >= 4 is 11.8 Å². The highest BCUT2D eigenvalue weighted by Gasteiger charge is 2.13. The van der Waals surface area contributed by atoms with Crippen LogP contribution in [0.25, 0.3) is 0 Å². The first kappa shape index (κ1) is 16.1. The lowest BCUT2D eigenvalue weighted by molar-refractivity contribution is 0.573. The smallest absolute Gasteiger partial charge is 0.0433 e. The second-order valence-electron chi connectivity index (χ2n) is 5.37. The lowest BCUT2D eigenvalue weighted by atomic mass is 10.1. The van der Waals surface area contributed by atoms with Crippen LogP contribution in [0.15, 0.2) is 47.6 Å². The fourth-order valence-corrected chi connectivity index (χ4v) is 3.40. The summed E-state index contributed by atoms with van der Waals surface area (Å²) in [6.45, 7) is 7.54. The molecule has 0 aliphatic carbocycles. The predicted octanol–water partition coefficient (Wildman–Crippen LogP) is 4.53. The molecule has 3 heteroatoms. The summed E-state index contributed by atoms with van der Waals surface area (Å²) in [5.74, 6) is 1.02. The van der Waals surface area contributed by atoms with Crippen LogP contribution in [0.5, 0.6) is 0 Å². The Hall–Kier alpha value is -1.32. The van der Waals surface area contributed by atoms with E-state index in [9.17, 15) is 0 Å². The molecule has 1 aromatic heterocycles. The van der Waals surface area contributed by atoms with Gasteiger partial charge in [-0.05, 0) is 56.1 Å². The Bertz CT molecular complexity index is 569. The number of aryl methyl sites for hydroxylation is 2. The Morgan fingerprint density at radius 3 is 2.81 bits per heavy atom. The molecular formula is C18H24N2S. The van der Waals surface area contributed by atoms with E-state index in [2.05, 4.69) is 61.4 Å². The van der Waals surface area contributed by atoms with Gasteiger partial charge in [-0.2, -0.15) is 0 Å². The van der Waals surface area contributed by atoms with E-state index in [0.717, 1.165) is 18.7 Å². The van der Waals surface area contributed by atoms with Gasteiger partial charge in [-0.25, -0.2) is 0 Å². The van der Waals surface area contributed by atoms with E-state index < -0.39 is 0 Å². The molecule has 2 nitrogen and oxygen atoms in total. The molecule has 0 amide bonds. The van der Waals surface area contributed by atoms with Crippen molar-refractivity contribution in [1.29, 1.82) is 0 Å². The minimum atomic E-state index is 0.351. The maximum absolute atomic E-state index is 4.29. The monoisotopic (exact) mass is 300 g/mol. The molecule has 1 N–H and O–H groups in total. The minimum Gasteiger partial charge on any atom is -0.309 e. The largest absolute Gasteiger partial charge is 0.309 e. The van der Waals surface area contributed by atoms with Crippen LogP contribution in [0.1, 0.15) is 36.1 Å². The first-order chi connectivity index (χ1) is 10.2. The fourth-order valence-electron chi connectivity index (χ4n) is 2.30. The highest BCUT2D eigenvalue weighted by molar-refractivity contribution is 7.99. The standard InChI is InChI=1S/C18H24N2S/c1-4-9-20-18(17-12-19-10-8-15(17)3)13-21-16-7-5-6-14(2)11-16/h5-8,10-12,18,20H,4,9,13H2,1-3H3. The lowest BCUT2D eigenvalue weighted by Crippen LogP contribution is -2.25. The van der Waals surface area contributed by atoms with Gasteiger partial charge < -0.3 is 5.32 Å². The summed E-state index contributed by atoms with van der Waals surface area (Å²) in [6.07, 6.45) is 5.01. The summed E-state index contributed by atoms with van der Waals surface area (Å²) in [4.78, 5) is 5.63. The van der Waals surface area contributed by atoms with Crippen LogP contribution in [0.4, 0.5) is 0 Å². The number of aromatic nitrogens is 1. The third kappa shape index (κ3) is 4.87. The average molecular weight is 300 g/mol. The first-order valence-electron chi connectivity index (χ1n) is 7.54. The summed E-state index contributed by atoms with van der Waals surface area (Å²) in [7, 11) is 0. The highest BCUT2D eigenvalue weighted by atomic mass is 32.2. The molecule has 1 unspecified atom stereocenters. The van der Waals surface area contributed by atoms with Crippen molar-refractivity contribution in [2.24, 2.45) is 0 Å². The average Bonchev–Trinajstić information content (AvgIpc) is 2.48. The van der Waals surface area contributed by atoms with E-state index in [1.54, 1.807) is 0 Å². The summed E-state index contributed by atoms with van der Waals surface area (Å²) in [6, 6.07) is 11.1. The van der Waals surface area contributed by atoms with E-state index in [-0.39, 0.29) is 0 Å². The SMILES string of the molecule is CCCNC(CSc1cccc(C)c1)c1cnccc1C. The van der Waals surface area contributed by atoms with E-state index >= 15 is 0 Å². The molecule has 1 aromatic carbocycles. The number of benzene rings is 1. The summed E-state index contributed by atoms with van der Waals surface area (Å²) in [5, 5.41) is 3.65. The molecule has 1 atom stereocenters. The summed E-state index contributed by atoms with van der Waals surface area (Å²) < 4.78 is 0. The zero-order chi connectivity index (χ0) is 15.1. The van der Waals surface area contributed by atoms with Crippen LogP contribution < -0.4 is 5.32 Å². The second-order valence-corrected chi connectivity index (χ2v) is 6.46. The van der Waals surface area contributed by atoms with Crippen LogP contribution in [-0.4, -0.2) is 17.3 Å². The van der Waals surface area contributed by atoms with Crippen molar-refractivity contribution in [2.45, 2.75) is 38.1 Å². The minimum absolute atomic E-state index is 0.351. The van der Waals surface area contributed by atoms with Crippen LogP contribution in [0.3, 0.4) is 0 Å². The van der Waals surface area contributed by atoms with Gasteiger partial charge in [-0.15, -0.1) is 11.8 Å². The van der Waals surface area contributed by atoms with Gasteiger partial charge in [0.15, 0.2) is 0 Å². The Kier molecular flexibility index (Phi) is 6.27. The number of nitrogens with one attached hydrogen (secondary N) is 1. The molecule has 0 aliphatic rings. The molecule has 0 fully saturated rings. The van der Waals surface area contributed by atoms with Crippen LogP contribution in [-0.2, 0) is 0 Å². The Labute approximate surface area is 132 Å². The quantitative estimate of drug-likeness (QED) is 0.760. The number of pyridine rings is 1. The van der Waals surface area contributed by atoms with E-state index in [0.29, 0.717) is 6.04 Å². The molecule has 112 valence electrons. The van der Waals surface area contributed by atoms with Crippen molar-refractivity contribution in [3.8, 4) is 0 Å². The maximum atomic E-state index is 4.29. The zero-order valence-corrected chi connectivity index (χ0v) is 13.9. The molecule has 0 radical (unpaired) electrons. The van der Waals surface area contributed by atoms with Gasteiger partial charge in [0.1, 0.15) is 0 Å². The molecule has 0 aliphatic heterocycles. The van der Waals surface area contributed by atoms with Crippen molar-refractivity contribution in [2.75, 3.05) is 12.3 Å². The Morgan fingerprint density at radius 1 is 1.24 bits per heavy atom. The van der Waals surface area contributed by atoms with Crippen molar-refractivity contribution in [3.05, 3.63) is 59.4 Å². The van der Waals surface area contributed by atoms with Gasteiger partial charge in [0.05, 0.1) is 0 Å². The molecule has 0 bridgehead atoms. The van der Waals surface area contributed by atoms with Crippen LogP contribution in [0.2, 0.25) is 0 Å². The third-order valence-electron chi connectivity index (χ3n) is 3.50. The van der Waals surface area contributed by atoms with Crippen molar-refractivity contribution < 1.29 is 0 Å². The van der Waals surface area contributed by atoms with Crippen LogP contribution >= 0.6 is 11.8 Å². The molecule has 2 aromatic rings. The first-order valence-corrected chi connectivity index (χ1v) is 8.52. The van der Waals surface area contributed by atoms with E-state index in [4.69, 9.17) is 0 Å². The van der Waals surface area contributed by atoms with Gasteiger partial charge in [0.2, 0.25) is 0 Å². The third-order valence-corrected chi connectivity index (χ3v) is 4.59. The molecule has 1 heterocycles. The number of nitrogens with zero attached hydrogens (tertiary/aromatic N) is 1. The number of rotatable bonds is 7. The number of thioether (sulfide) groups is 1. The lowest BCUT2D eigenvalue weighted by Gasteiger charge is -2.20.